The molecule has 1 rings (SSSR count). The molecule has 0 bridgehead atoms. The van der Waals surface area contributed by atoms with Crippen molar-refractivity contribution in [1.29, 1.82) is 0 Å². The molecule has 1 atom stereocenters. The first-order valence-electron chi connectivity index (χ1n) is 3.48. The molecule has 0 aliphatic carbocycles. The van der Waals surface area contributed by atoms with Crippen molar-refractivity contribution < 1.29 is 14.6 Å². The molecule has 0 saturated carbocycles. The van der Waals surface area contributed by atoms with Gasteiger partial charge in [0.25, 0.3) is 5.91 Å². The third-order valence-corrected chi connectivity index (χ3v) is 1.67. The second-order valence-electron chi connectivity index (χ2n) is 2.39. The Labute approximate surface area is 64.9 Å². The predicted octanol–water partition coefficient (Wildman–Crippen LogP) is -0.676. The van der Waals surface area contributed by atoms with Gasteiger partial charge in [-0.3, -0.25) is 4.90 Å². The van der Waals surface area contributed by atoms with Gasteiger partial charge in [-0.05, 0) is 6.92 Å². The zero-order valence-corrected chi connectivity index (χ0v) is 6.63. The molecule has 1 fully saturated rings. The van der Waals surface area contributed by atoms with Crippen molar-refractivity contribution in [3.63, 3.8) is 0 Å². The Hall–Kier alpha value is -0.810. The Bertz CT molecular complexity index is 173. The van der Waals surface area contributed by atoms with E-state index in [4.69, 9.17) is 4.74 Å². The van der Waals surface area contributed by atoms with E-state index in [0.717, 1.165) is 4.90 Å². The maximum atomic E-state index is 10.8. The van der Waals surface area contributed by atoms with Crippen LogP contribution >= 0.6 is 0 Å². The highest BCUT2D eigenvalue weighted by atomic mass is 16.7. The predicted molar refractivity (Wildman–Crippen MR) is 37.7 cm³/mol. The van der Waals surface area contributed by atoms with Gasteiger partial charge in [0.15, 0.2) is 0 Å². The molecule has 0 aromatic carbocycles. The Balaban J connectivity index is 2.64. The number of rotatable bonds is 2. The molecule has 0 radical (unpaired) electrons. The highest BCUT2D eigenvalue weighted by Crippen LogP contribution is 2.15. The SMILES string of the molecule is CCOC1(O)CNC(=O)N1C. The third-order valence-electron chi connectivity index (χ3n) is 1.67. The Morgan fingerprint density at radius 1 is 1.91 bits per heavy atom. The van der Waals surface area contributed by atoms with Crippen LogP contribution in [0.2, 0.25) is 0 Å². The van der Waals surface area contributed by atoms with E-state index in [1.807, 2.05) is 0 Å². The number of carbonyl (C=O) groups is 1. The number of carbonyl (C=O) groups excluding carboxylic acids is 1. The van der Waals surface area contributed by atoms with Crippen LogP contribution in [0, 0.1) is 0 Å². The summed E-state index contributed by atoms with van der Waals surface area (Å²) in [7, 11) is 1.48. The molecule has 64 valence electrons. The van der Waals surface area contributed by atoms with Crippen molar-refractivity contribution in [2.45, 2.75) is 12.8 Å². The molecule has 1 saturated heterocycles. The molecule has 11 heavy (non-hydrogen) atoms. The van der Waals surface area contributed by atoms with E-state index in [1.165, 1.54) is 7.05 Å². The lowest BCUT2D eigenvalue weighted by Crippen LogP contribution is -2.47. The molecule has 2 amide bonds. The Morgan fingerprint density at radius 3 is 2.91 bits per heavy atom. The van der Waals surface area contributed by atoms with Gasteiger partial charge in [-0.25, -0.2) is 4.79 Å². The lowest BCUT2D eigenvalue weighted by Gasteiger charge is -2.27. The fourth-order valence-electron chi connectivity index (χ4n) is 0.966. The van der Waals surface area contributed by atoms with Crippen LogP contribution in [0.3, 0.4) is 0 Å². The van der Waals surface area contributed by atoms with Crippen molar-refractivity contribution >= 4 is 6.03 Å². The van der Waals surface area contributed by atoms with E-state index in [0.29, 0.717) is 6.61 Å². The summed E-state index contributed by atoms with van der Waals surface area (Å²) in [5.41, 5.74) is 0. The number of urea groups is 1. The zero-order chi connectivity index (χ0) is 8.48. The van der Waals surface area contributed by atoms with Gasteiger partial charge in [-0.15, -0.1) is 0 Å². The maximum Gasteiger partial charge on any atom is 0.321 e. The molecule has 1 unspecified atom stereocenters. The normalized spacial score (nSPS) is 30.8. The molecule has 1 heterocycles. The number of β-amino-alcohol motifs (C(OH)–C–C–N with tert-alkyl or cyclic N) is 1. The molecule has 0 aromatic rings. The number of ether oxygens (including phenoxy) is 1. The molecular formula is C6H12N2O3. The van der Waals surface area contributed by atoms with E-state index >= 15 is 0 Å². The number of hydrogen-bond acceptors (Lipinski definition) is 3. The molecule has 5 nitrogen and oxygen atoms in total. The summed E-state index contributed by atoms with van der Waals surface area (Å²) in [6.45, 7) is 2.25. The van der Waals surface area contributed by atoms with Crippen LogP contribution in [0.4, 0.5) is 4.79 Å². The standard InChI is InChI=1S/C6H12N2O3/c1-3-11-6(10)4-7-5(9)8(6)2/h10H,3-4H2,1-2H3,(H,7,9). The van der Waals surface area contributed by atoms with E-state index in [9.17, 15) is 9.90 Å². The van der Waals surface area contributed by atoms with Crippen LogP contribution < -0.4 is 5.32 Å². The van der Waals surface area contributed by atoms with Crippen LogP contribution in [0.1, 0.15) is 6.92 Å². The summed E-state index contributed by atoms with van der Waals surface area (Å²) in [5.74, 6) is -1.45. The summed E-state index contributed by atoms with van der Waals surface area (Å²) in [4.78, 5) is 12.0. The molecule has 1 aliphatic heterocycles. The smallest absolute Gasteiger partial charge is 0.321 e. The van der Waals surface area contributed by atoms with Crippen molar-refractivity contribution in [3.05, 3.63) is 0 Å². The van der Waals surface area contributed by atoms with Gasteiger partial charge in [0.05, 0.1) is 6.54 Å². The highest BCUT2D eigenvalue weighted by Gasteiger charge is 2.42. The van der Waals surface area contributed by atoms with E-state index in [-0.39, 0.29) is 12.6 Å². The van der Waals surface area contributed by atoms with Crippen molar-refractivity contribution in [3.8, 4) is 0 Å². The maximum absolute atomic E-state index is 10.8. The molecule has 2 N–H and O–H groups in total. The molecule has 0 spiro atoms. The van der Waals surface area contributed by atoms with Crippen molar-refractivity contribution in [1.82, 2.24) is 10.2 Å². The molecular weight excluding hydrogens is 148 g/mol. The van der Waals surface area contributed by atoms with Crippen molar-refractivity contribution in [2.24, 2.45) is 0 Å². The monoisotopic (exact) mass is 160 g/mol. The van der Waals surface area contributed by atoms with Gasteiger partial charge in [0.2, 0.25) is 0 Å². The van der Waals surface area contributed by atoms with E-state index < -0.39 is 5.91 Å². The number of nitrogens with zero attached hydrogens (tertiary/aromatic N) is 1. The van der Waals surface area contributed by atoms with Crippen molar-refractivity contribution in [2.75, 3.05) is 20.2 Å². The number of nitrogens with one attached hydrogen (secondary N) is 1. The van der Waals surface area contributed by atoms with E-state index in [1.54, 1.807) is 6.92 Å². The lowest BCUT2D eigenvalue weighted by molar-refractivity contribution is -0.249. The Kier molecular flexibility index (Phi) is 2.01. The minimum absolute atomic E-state index is 0.121. The fraction of sp³-hybridized carbons (Fsp3) is 0.833. The average Bonchev–Trinajstić information content (AvgIpc) is 2.19. The number of aliphatic hydroxyl groups is 1. The summed E-state index contributed by atoms with van der Waals surface area (Å²) in [6, 6.07) is -0.319. The first-order valence-corrected chi connectivity index (χ1v) is 3.48. The second kappa shape index (κ2) is 2.67. The van der Waals surface area contributed by atoms with Gasteiger partial charge in [-0.2, -0.15) is 0 Å². The van der Waals surface area contributed by atoms with Gasteiger partial charge in [0.1, 0.15) is 0 Å². The highest BCUT2D eigenvalue weighted by molar-refractivity contribution is 5.76. The van der Waals surface area contributed by atoms with Gasteiger partial charge in [-0.1, -0.05) is 0 Å². The lowest BCUT2D eigenvalue weighted by atomic mass is 10.5. The number of hydrogen-bond donors (Lipinski definition) is 2. The summed E-state index contributed by atoms with van der Waals surface area (Å²) >= 11 is 0. The minimum atomic E-state index is -1.45. The van der Waals surface area contributed by atoms with Gasteiger partial charge in [0, 0.05) is 13.7 Å². The molecule has 5 heteroatoms. The van der Waals surface area contributed by atoms with Gasteiger partial charge >= 0.3 is 6.03 Å². The summed E-state index contributed by atoms with van der Waals surface area (Å²) in [5, 5.41) is 12.0. The van der Waals surface area contributed by atoms with Gasteiger partial charge < -0.3 is 15.2 Å². The largest absolute Gasteiger partial charge is 0.347 e. The van der Waals surface area contributed by atoms with Crippen LogP contribution in [-0.4, -0.2) is 42.1 Å². The quantitative estimate of drug-likeness (QED) is 0.526. The van der Waals surface area contributed by atoms with E-state index in [2.05, 4.69) is 5.32 Å². The third kappa shape index (κ3) is 1.29. The topological polar surface area (TPSA) is 61.8 Å². The zero-order valence-electron chi connectivity index (χ0n) is 6.63. The first kappa shape index (κ1) is 8.29. The summed E-state index contributed by atoms with van der Waals surface area (Å²) in [6.07, 6.45) is 0. The van der Waals surface area contributed by atoms with Crippen LogP contribution in [0.25, 0.3) is 0 Å². The number of amides is 2. The Morgan fingerprint density at radius 2 is 2.55 bits per heavy atom. The first-order chi connectivity index (χ1) is 5.10. The fourth-order valence-corrected chi connectivity index (χ4v) is 0.966. The average molecular weight is 160 g/mol. The summed E-state index contributed by atoms with van der Waals surface area (Å²) < 4.78 is 4.97. The van der Waals surface area contributed by atoms with Crippen LogP contribution in [-0.2, 0) is 4.74 Å². The second-order valence-corrected chi connectivity index (χ2v) is 2.39. The molecule has 1 aliphatic rings. The molecule has 0 aromatic heterocycles. The minimum Gasteiger partial charge on any atom is -0.347 e. The van der Waals surface area contributed by atoms with Crippen LogP contribution in [0.15, 0.2) is 0 Å². The number of likely N-dealkylation sites (N-methyl/N-ethyl adjacent to an activating group) is 1. The van der Waals surface area contributed by atoms with Crippen LogP contribution in [0.5, 0.6) is 0 Å².